The van der Waals surface area contributed by atoms with Gasteiger partial charge in [0.25, 0.3) is 11.8 Å². The molecule has 27 heavy (non-hydrogen) atoms. The van der Waals surface area contributed by atoms with Gasteiger partial charge in [0.1, 0.15) is 5.82 Å². The Morgan fingerprint density at radius 1 is 1.19 bits per heavy atom. The predicted molar refractivity (Wildman–Crippen MR) is 102 cm³/mol. The number of carbonyl (C=O) groups is 2. The molecule has 3 heterocycles. The number of benzene rings is 1. The van der Waals surface area contributed by atoms with Crippen LogP contribution >= 0.6 is 11.3 Å². The zero-order chi connectivity index (χ0) is 18.8. The van der Waals surface area contributed by atoms with Crippen LogP contribution in [0.1, 0.15) is 38.3 Å². The Labute approximate surface area is 160 Å². The molecular formula is C19H19N5O2S. The maximum Gasteiger partial charge on any atom is 0.254 e. The lowest BCUT2D eigenvalue weighted by Gasteiger charge is -2.17. The van der Waals surface area contributed by atoms with Gasteiger partial charge in [-0.05, 0) is 30.5 Å². The molecule has 0 spiro atoms. The summed E-state index contributed by atoms with van der Waals surface area (Å²) in [6.45, 7) is 2.72. The Morgan fingerprint density at radius 3 is 2.67 bits per heavy atom. The SMILES string of the molecule is Cc1nc([C@@H]2CN(C(=O)c3ccsc3)C[C@H]2NC(=O)c2ccccc2)n[nH]1. The van der Waals surface area contributed by atoms with E-state index in [0.29, 0.717) is 35.9 Å². The molecule has 8 heteroatoms. The zero-order valence-electron chi connectivity index (χ0n) is 14.8. The maximum absolute atomic E-state index is 12.8. The summed E-state index contributed by atoms with van der Waals surface area (Å²) >= 11 is 1.49. The summed E-state index contributed by atoms with van der Waals surface area (Å²) < 4.78 is 0. The van der Waals surface area contributed by atoms with Crippen LogP contribution in [-0.4, -0.2) is 51.0 Å². The van der Waals surface area contributed by atoms with Crippen LogP contribution in [0.4, 0.5) is 0 Å². The average molecular weight is 381 g/mol. The van der Waals surface area contributed by atoms with Crippen molar-refractivity contribution in [3.63, 3.8) is 0 Å². The fourth-order valence-corrected chi connectivity index (χ4v) is 3.94. The molecule has 2 amide bonds. The molecule has 0 radical (unpaired) electrons. The fraction of sp³-hybridized carbons (Fsp3) is 0.263. The highest BCUT2D eigenvalue weighted by molar-refractivity contribution is 7.08. The van der Waals surface area contributed by atoms with E-state index in [4.69, 9.17) is 0 Å². The fourth-order valence-electron chi connectivity index (χ4n) is 3.31. The molecule has 138 valence electrons. The lowest BCUT2D eigenvalue weighted by molar-refractivity contribution is 0.0783. The minimum Gasteiger partial charge on any atom is -0.347 e. The van der Waals surface area contributed by atoms with E-state index in [1.54, 1.807) is 17.0 Å². The number of thiophene rings is 1. The first-order valence-corrected chi connectivity index (χ1v) is 9.62. The van der Waals surface area contributed by atoms with Crippen molar-refractivity contribution in [3.8, 4) is 0 Å². The van der Waals surface area contributed by atoms with E-state index < -0.39 is 0 Å². The van der Waals surface area contributed by atoms with Gasteiger partial charge in [0, 0.05) is 24.0 Å². The van der Waals surface area contributed by atoms with E-state index >= 15 is 0 Å². The topological polar surface area (TPSA) is 91.0 Å². The zero-order valence-corrected chi connectivity index (χ0v) is 15.6. The Kier molecular flexibility index (Phi) is 4.72. The Hall–Kier alpha value is -3.00. The van der Waals surface area contributed by atoms with Crippen LogP contribution in [-0.2, 0) is 0 Å². The second-order valence-corrected chi connectivity index (χ2v) is 7.33. The number of rotatable bonds is 4. The molecule has 1 saturated heterocycles. The molecular weight excluding hydrogens is 362 g/mol. The number of amides is 2. The van der Waals surface area contributed by atoms with Crippen molar-refractivity contribution >= 4 is 23.2 Å². The maximum atomic E-state index is 12.8. The first kappa shape index (κ1) is 17.4. The van der Waals surface area contributed by atoms with Gasteiger partial charge in [-0.25, -0.2) is 4.98 Å². The van der Waals surface area contributed by atoms with Crippen LogP contribution < -0.4 is 5.32 Å². The van der Waals surface area contributed by atoms with Crippen LogP contribution in [0.3, 0.4) is 0 Å². The third kappa shape index (κ3) is 3.61. The monoisotopic (exact) mass is 381 g/mol. The van der Waals surface area contributed by atoms with Gasteiger partial charge in [-0.2, -0.15) is 16.4 Å². The Bertz CT molecular complexity index is 938. The molecule has 0 bridgehead atoms. The number of H-pyrrole nitrogens is 1. The molecule has 0 aliphatic carbocycles. The Morgan fingerprint density at radius 2 is 2.00 bits per heavy atom. The number of aryl methyl sites for hydroxylation is 1. The van der Waals surface area contributed by atoms with E-state index in [-0.39, 0.29) is 23.8 Å². The molecule has 1 aliphatic rings. The summed E-state index contributed by atoms with van der Waals surface area (Å²) in [7, 11) is 0. The highest BCUT2D eigenvalue weighted by Crippen LogP contribution is 2.27. The van der Waals surface area contributed by atoms with Crippen molar-refractivity contribution < 1.29 is 9.59 Å². The van der Waals surface area contributed by atoms with Crippen molar-refractivity contribution in [3.05, 3.63) is 69.9 Å². The van der Waals surface area contributed by atoms with E-state index in [9.17, 15) is 9.59 Å². The van der Waals surface area contributed by atoms with Crippen molar-refractivity contribution in [1.82, 2.24) is 25.4 Å². The number of likely N-dealkylation sites (tertiary alicyclic amines) is 1. The van der Waals surface area contributed by atoms with Crippen LogP contribution in [0.2, 0.25) is 0 Å². The standard InChI is InChI=1S/C19H19N5O2S/c1-12-20-17(23-22-12)15-9-24(19(26)14-7-8-27-11-14)10-16(15)21-18(25)13-5-3-2-4-6-13/h2-8,11,15-16H,9-10H2,1H3,(H,21,25)(H,20,22,23)/t15-,16-/m1/s1. The van der Waals surface area contributed by atoms with Crippen molar-refractivity contribution in [1.29, 1.82) is 0 Å². The first-order chi connectivity index (χ1) is 13.1. The number of aromatic nitrogens is 3. The minimum absolute atomic E-state index is 0.0371. The average Bonchev–Trinajstić information content (AvgIpc) is 3.42. The van der Waals surface area contributed by atoms with E-state index in [1.165, 1.54) is 11.3 Å². The molecule has 2 atom stereocenters. The van der Waals surface area contributed by atoms with Gasteiger partial charge in [-0.1, -0.05) is 18.2 Å². The van der Waals surface area contributed by atoms with Gasteiger partial charge < -0.3 is 10.2 Å². The summed E-state index contributed by atoms with van der Waals surface area (Å²) in [5.74, 6) is 0.963. The van der Waals surface area contributed by atoms with Crippen molar-refractivity contribution in [2.24, 2.45) is 0 Å². The van der Waals surface area contributed by atoms with Gasteiger partial charge in [0.05, 0.1) is 17.5 Å². The minimum atomic E-state index is -0.254. The molecule has 1 fully saturated rings. The molecule has 0 saturated carbocycles. The van der Waals surface area contributed by atoms with Crippen molar-refractivity contribution in [2.45, 2.75) is 18.9 Å². The normalized spacial score (nSPS) is 19.2. The van der Waals surface area contributed by atoms with Crippen LogP contribution in [0.15, 0.2) is 47.2 Å². The molecule has 7 nitrogen and oxygen atoms in total. The molecule has 1 aromatic carbocycles. The lowest BCUT2D eigenvalue weighted by atomic mass is 10.0. The quantitative estimate of drug-likeness (QED) is 0.725. The van der Waals surface area contributed by atoms with Crippen LogP contribution in [0.5, 0.6) is 0 Å². The van der Waals surface area contributed by atoms with Crippen molar-refractivity contribution in [2.75, 3.05) is 13.1 Å². The molecule has 3 aromatic rings. The van der Waals surface area contributed by atoms with E-state index in [0.717, 1.165) is 0 Å². The number of carbonyl (C=O) groups excluding carboxylic acids is 2. The summed E-state index contributed by atoms with van der Waals surface area (Å²) in [6, 6.07) is 10.6. The second-order valence-electron chi connectivity index (χ2n) is 6.55. The van der Waals surface area contributed by atoms with Gasteiger partial charge in [0.2, 0.25) is 0 Å². The van der Waals surface area contributed by atoms with Gasteiger partial charge >= 0.3 is 0 Å². The number of nitrogens with one attached hydrogen (secondary N) is 2. The summed E-state index contributed by atoms with van der Waals surface area (Å²) in [5, 5.41) is 13.9. The number of aromatic amines is 1. The van der Waals surface area contributed by atoms with E-state index in [2.05, 4.69) is 20.5 Å². The molecule has 2 aromatic heterocycles. The van der Waals surface area contributed by atoms with Gasteiger partial charge in [0.15, 0.2) is 5.82 Å². The van der Waals surface area contributed by atoms with Crippen LogP contribution in [0, 0.1) is 6.92 Å². The largest absolute Gasteiger partial charge is 0.347 e. The van der Waals surface area contributed by atoms with Gasteiger partial charge in [-0.3, -0.25) is 14.7 Å². The highest BCUT2D eigenvalue weighted by Gasteiger charge is 2.39. The third-order valence-electron chi connectivity index (χ3n) is 4.67. The number of hydrogen-bond acceptors (Lipinski definition) is 5. The molecule has 1 aliphatic heterocycles. The smallest absolute Gasteiger partial charge is 0.254 e. The van der Waals surface area contributed by atoms with Gasteiger partial charge in [-0.15, -0.1) is 0 Å². The summed E-state index contributed by atoms with van der Waals surface area (Å²) in [5.41, 5.74) is 1.25. The van der Waals surface area contributed by atoms with Crippen LogP contribution in [0.25, 0.3) is 0 Å². The third-order valence-corrected chi connectivity index (χ3v) is 5.36. The number of nitrogens with zero attached hydrogens (tertiary/aromatic N) is 3. The molecule has 0 unspecified atom stereocenters. The second kappa shape index (κ2) is 7.32. The van der Waals surface area contributed by atoms with E-state index in [1.807, 2.05) is 41.9 Å². The lowest BCUT2D eigenvalue weighted by Crippen LogP contribution is -2.40. The summed E-state index contributed by atoms with van der Waals surface area (Å²) in [4.78, 5) is 31.6. The number of hydrogen-bond donors (Lipinski definition) is 2. The summed E-state index contributed by atoms with van der Waals surface area (Å²) in [6.07, 6.45) is 0. The Balaban J connectivity index is 1.56. The molecule has 4 rings (SSSR count). The molecule has 2 N–H and O–H groups in total. The highest BCUT2D eigenvalue weighted by atomic mass is 32.1. The first-order valence-electron chi connectivity index (χ1n) is 8.68. The predicted octanol–water partition coefficient (Wildman–Crippen LogP) is 2.21.